The van der Waals surface area contributed by atoms with Gasteiger partial charge in [-0.1, -0.05) is 26.8 Å². The molecule has 0 aliphatic heterocycles. The summed E-state index contributed by atoms with van der Waals surface area (Å²) in [6.07, 6.45) is 3.80. The zero-order valence-electron chi connectivity index (χ0n) is 10.1. The van der Waals surface area contributed by atoms with Crippen LogP contribution in [0.2, 0.25) is 0 Å². The molecule has 1 aromatic heterocycles. The lowest BCUT2D eigenvalue weighted by Gasteiger charge is -2.15. The average Bonchev–Trinajstić information content (AvgIpc) is 2.70. The lowest BCUT2D eigenvalue weighted by Crippen LogP contribution is -2.21. The zero-order chi connectivity index (χ0) is 11.1. The van der Waals surface area contributed by atoms with Crippen LogP contribution in [0.3, 0.4) is 0 Å². The van der Waals surface area contributed by atoms with Crippen LogP contribution in [0.15, 0.2) is 17.5 Å². The summed E-state index contributed by atoms with van der Waals surface area (Å²) in [7, 11) is 0. The van der Waals surface area contributed by atoms with Gasteiger partial charge >= 0.3 is 0 Å². The third-order valence-corrected chi connectivity index (χ3v) is 3.63. The van der Waals surface area contributed by atoms with Crippen molar-refractivity contribution >= 4 is 11.3 Å². The Morgan fingerprint density at radius 1 is 1.40 bits per heavy atom. The second-order valence-electron chi connectivity index (χ2n) is 4.47. The molecule has 1 atom stereocenters. The fraction of sp³-hybridized carbons (Fsp3) is 0.692. The van der Waals surface area contributed by atoms with Crippen molar-refractivity contribution in [1.82, 2.24) is 5.32 Å². The first kappa shape index (κ1) is 12.7. The zero-order valence-corrected chi connectivity index (χ0v) is 10.9. The molecule has 1 N–H and O–H groups in total. The first-order chi connectivity index (χ1) is 7.24. The van der Waals surface area contributed by atoms with E-state index in [1.807, 2.05) is 11.3 Å². The van der Waals surface area contributed by atoms with Crippen LogP contribution < -0.4 is 5.32 Å². The number of rotatable bonds is 7. The summed E-state index contributed by atoms with van der Waals surface area (Å²) < 4.78 is 0. The topological polar surface area (TPSA) is 12.0 Å². The van der Waals surface area contributed by atoms with E-state index in [9.17, 15) is 0 Å². The van der Waals surface area contributed by atoms with Crippen molar-refractivity contribution in [2.75, 3.05) is 6.54 Å². The van der Waals surface area contributed by atoms with E-state index in [0.717, 1.165) is 12.5 Å². The lowest BCUT2D eigenvalue weighted by molar-refractivity contribution is 0.477. The van der Waals surface area contributed by atoms with Crippen LogP contribution in [0.5, 0.6) is 0 Å². The van der Waals surface area contributed by atoms with Gasteiger partial charge in [0.25, 0.3) is 0 Å². The summed E-state index contributed by atoms with van der Waals surface area (Å²) in [6.45, 7) is 7.97. The Labute approximate surface area is 97.9 Å². The molecule has 0 radical (unpaired) electrons. The molecule has 0 saturated heterocycles. The summed E-state index contributed by atoms with van der Waals surface area (Å²) in [5.74, 6) is 0.827. The van der Waals surface area contributed by atoms with Gasteiger partial charge in [-0.25, -0.2) is 0 Å². The maximum atomic E-state index is 3.64. The first-order valence-electron chi connectivity index (χ1n) is 6.00. The van der Waals surface area contributed by atoms with Crippen molar-refractivity contribution in [3.05, 3.63) is 22.4 Å². The molecule has 0 aliphatic rings. The van der Waals surface area contributed by atoms with Crippen molar-refractivity contribution in [1.29, 1.82) is 0 Å². The molecule has 0 bridgehead atoms. The molecule has 0 aromatic carbocycles. The number of nitrogens with one attached hydrogen (secondary N) is 1. The van der Waals surface area contributed by atoms with Gasteiger partial charge in [0, 0.05) is 10.9 Å². The first-order valence-corrected chi connectivity index (χ1v) is 6.88. The average molecular weight is 225 g/mol. The fourth-order valence-electron chi connectivity index (χ4n) is 1.72. The monoisotopic (exact) mass is 225 g/mol. The van der Waals surface area contributed by atoms with E-state index in [1.54, 1.807) is 0 Å². The molecule has 0 spiro atoms. The van der Waals surface area contributed by atoms with Crippen molar-refractivity contribution in [2.45, 2.75) is 46.1 Å². The molecule has 1 nitrogen and oxygen atoms in total. The normalized spacial score (nSPS) is 13.3. The number of hydrogen-bond acceptors (Lipinski definition) is 2. The van der Waals surface area contributed by atoms with Crippen LogP contribution in [0, 0.1) is 5.92 Å². The Morgan fingerprint density at radius 2 is 2.20 bits per heavy atom. The molecule has 86 valence electrons. The molecule has 2 heteroatoms. The number of hydrogen-bond donors (Lipinski definition) is 1. The highest BCUT2D eigenvalue weighted by Crippen LogP contribution is 2.21. The van der Waals surface area contributed by atoms with E-state index in [-0.39, 0.29) is 0 Å². The summed E-state index contributed by atoms with van der Waals surface area (Å²) >= 11 is 1.86. The van der Waals surface area contributed by atoms with Gasteiger partial charge in [-0.2, -0.15) is 0 Å². The van der Waals surface area contributed by atoms with E-state index in [2.05, 4.69) is 43.6 Å². The summed E-state index contributed by atoms with van der Waals surface area (Å²) in [5.41, 5.74) is 0. The summed E-state index contributed by atoms with van der Waals surface area (Å²) in [6, 6.07) is 4.93. The molecule has 0 aliphatic carbocycles. The van der Waals surface area contributed by atoms with Crippen LogP contribution in [0.4, 0.5) is 0 Å². The second-order valence-corrected chi connectivity index (χ2v) is 5.45. The predicted octanol–water partition coefficient (Wildman–Crippen LogP) is 4.23. The Balaban J connectivity index is 2.23. The van der Waals surface area contributed by atoms with Crippen LogP contribution in [-0.2, 0) is 0 Å². The van der Waals surface area contributed by atoms with Crippen LogP contribution in [-0.4, -0.2) is 6.54 Å². The molecule has 15 heavy (non-hydrogen) atoms. The minimum absolute atomic E-state index is 0.567. The Bertz CT molecular complexity index is 241. The maximum absolute atomic E-state index is 3.64. The van der Waals surface area contributed by atoms with Crippen LogP contribution in [0.25, 0.3) is 0 Å². The highest BCUT2D eigenvalue weighted by Gasteiger charge is 2.08. The van der Waals surface area contributed by atoms with E-state index in [1.165, 1.54) is 24.1 Å². The minimum atomic E-state index is 0.567. The molecule has 0 fully saturated rings. The molecule has 1 unspecified atom stereocenters. The quantitative estimate of drug-likeness (QED) is 0.685. The standard InChI is InChI=1S/C13H23NS/c1-4-12(13-8-6-10-15-13)14-9-5-7-11(2)3/h6,8,10-12,14H,4-5,7,9H2,1-3H3. The van der Waals surface area contributed by atoms with E-state index in [0.29, 0.717) is 6.04 Å². The van der Waals surface area contributed by atoms with Gasteiger partial charge in [-0.05, 0) is 43.2 Å². The molecular formula is C13H23NS. The highest BCUT2D eigenvalue weighted by atomic mass is 32.1. The van der Waals surface area contributed by atoms with Crippen molar-refractivity contribution in [3.63, 3.8) is 0 Å². The molecular weight excluding hydrogens is 202 g/mol. The predicted molar refractivity (Wildman–Crippen MR) is 69.4 cm³/mol. The fourth-order valence-corrected chi connectivity index (χ4v) is 2.61. The smallest absolute Gasteiger partial charge is 0.0412 e. The van der Waals surface area contributed by atoms with Crippen molar-refractivity contribution in [3.8, 4) is 0 Å². The lowest BCUT2D eigenvalue weighted by atomic mass is 10.1. The maximum Gasteiger partial charge on any atom is 0.0412 e. The van der Waals surface area contributed by atoms with E-state index < -0.39 is 0 Å². The van der Waals surface area contributed by atoms with Gasteiger partial charge in [0.2, 0.25) is 0 Å². The van der Waals surface area contributed by atoms with E-state index in [4.69, 9.17) is 0 Å². The minimum Gasteiger partial charge on any atom is -0.309 e. The summed E-state index contributed by atoms with van der Waals surface area (Å²) in [5, 5.41) is 5.80. The molecule has 1 rings (SSSR count). The Morgan fingerprint density at radius 3 is 2.73 bits per heavy atom. The second kappa shape index (κ2) is 7.02. The van der Waals surface area contributed by atoms with Crippen molar-refractivity contribution < 1.29 is 0 Å². The largest absolute Gasteiger partial charge is 0.309 e. The third-order valence-electron chi connectivity index (χ3n) is 2.64. The molecule has 0 saturated carbocycles. The van der Waals surface area contributed by atoms with Gasteiger partial charge in [0.1, 0.15) is 0 Å². The molecule has 1 heterocycles. The number of thiophene rings is 1. The van der Waals surface area contributed by atoms with Crippen LogP contribution in [0.1, 0.15) is 51.0 Å². The van der Waals surface area contributed by atoms with Gasteiger partial charge in [0.15, 0.2) is 0 Å². The molecule has 0 amide bonds. The van der Waals surface area contributed by atoms with Gasteiger partial charge in [0.05, 0.1) is 0 Å². The summed E-state index contributed by atoms with van der Waals surface area (Å²) in [4.78, 5) is 1.47. The Hall–Kier alpha value is -0.340. The van der Waals surface area contributed by atoms with Crippen LogP contribution >= 0.6 is 11.3 Å². The van der Waals surface area contributed by atoms with E-state index >= 15 is 0 Å². The van der Waals surface area contributed by atoms with Crippen molar-refractivity contribution in [2.24, 2.45) is 5.92 Å². The van der Waals surface area contributed by atoms with Gasteiger partial charge in [-0.15, -0.1) is 11.3 Å². The Kier molecular flexibility index (Phi) is 5.96. The molecule has 1 aromatic rings. The third kappa shape index (κ3) is 4.80. The highest BCUT2D eigenvalue weighted by molar-refractivity contribution is 7.10. The van der Waals surface area contributed by atoms with Gasteiger partial charge < -0.3 is 5.32 Å². The van der Waals surface area contributed by atoms with Gasteiger partial charge in [-0.3, -0.25) is 0 Å². The SMILES string of the molecule is CCC(NCCCC(C)C)c1cccs1.